The summed E-state index contributed by atoms with van der Waals surface area (Å²) in [6, 6.07) is 16.3. The lowest BCUT2D eigenvalue weighted by Crippen LogP contribution is -2.03. The van der Waals surface area contributed by atoms with Crippen molar-refractivity contribution in [3.8, 4) is 22.6 Å². The summed E-state index contributed by atoms with van der Waals surface area (Å²) in [5.41, 5.74) is 2.11. The van der Waals surface area contributed by atoms with Crippen LogP contribution in [0.3, 0.4) is 0 Å². The molecular formula is C30H44O5S. The lowest BCUT2D eigenvalue weighted by molar-refractivity contribution is 0.292. The third-order valence-corrected chi connectivity index (χ3v) is 6.97. The number of benzene rings is 2. The number of rotatable bonds is 21. The topological polar surface area (TPSA) is 72.8 Å². The van der Waals surface area contributed by atoms with Gasteiger partial charge in [0.1, 0.15) is 11.5 Å². The summed E-state index contributed by atoms with van der Waals surface area (Å²) in [6.07, 6.45) is 15.6. The van der Waals surface area contributed by atoms with Gasteiger partial charge in [-0.2, -0.15) is 8.42 Å². The van der Waals surface area contributed by atoms with Crippen molar-refractivity contribution in [1.29, 1.82) is 0 Å². The molecule has 2 aromatic carbocycles. The van der Waals surface area contributed by atoms with E-state index < -0.39 is 10.1 Å². The van der Waals surface area contributed by atoms with Crippen LogP contribution in [-0.2, 0) is 10.1 Å². The number of hydrogen-bond donors (Lipinski definition) is 1. The van der Waals surface area contributed by atoms with Gasteiger partial charge >= 0.3 is 0 Å². The van der Waals surface area contributed by atoms with Crippen LogP contribution in [0.4, 0.5) is 0 Å². The molecule has 1 N–H and O–H groups in total. The second-order valence-electron chi connectivity index (χ2n) is 9.30. The molecule has 0 aliphatic carbocycles. The monoisotopic (exact) mass is 516 g/mol. The van der Waals surface area contributed by atoms with Crippen molar-refractivity contribution >= 4 is 10.1 Å². The molecule has 0 fully saturated rings. The van der Waals surface area contributed by atoms with Crippen LogP contribution in [-0.4, -0.2) is 31.9 Å². The Morgan fingerprint density at radius 2 is 1.17 bits per heavy atom. The Hall–Kier alpha value is -2.31. The second kappa shape index (κ2) is 18.0. The van der Waals surface area contributed by atoms with Crippen molar-refractivity contribution in [3.63, 3.8) is 0 Å². The van der Waals surface area contributed by atoms with E-state index in [1.165, 1.54) is 25.7 Å². The molecule has 0 atom stereocenters. The van der Waals surface area contributed by atoms with E-state index in [0.29, 0.717) is 19.6 Å². The van der Waals surface area contributed by atoms with Gasteiger partial charge in [-0.3, -0.25) is 4.55 Å². The van der Waals surface area contributed by atoms with Gasteiger partial charge in [0.15, 0.2) is 0 Å². The first-order valence-electron chi connectivity index (χ1n) is 13.5. The van der Waals surface area contributed by atoms with Crippen molar-refractivity contribution in [3.05, 3.63) is 61.2 Å². The van der Waals surface area contributed by atoms with E-state index in [1.54, 1.807) is 0 Å². The molecule has 0 aliphatic heterocycles. The fourth-order valence-electron chi connectivity index (χ4n) is 4.20. The van der Waals surface area contributed by atoms with Crippen molar-refractivity contribution < 1.29 is 22.4 Å². The number of hydrogen-bond acceptors (Lipinski definition) is 4. The van der Waals surface area contributed by atoms with Crippen molar-refractivity contribution in [2.45, 2.75) is 83.5 Å². The minimum Gasteiger partial charge on any atom is -0.493 e. The average molecular weight is 517 g/mol. The molecule has 0 unspecified atom stereocenters. The Morgan fingerprint density at radius 3 is 1.69 bits per heavy atom. The summed E-state index contributed by atoms with van der Waals surface area (Å²) in [4.78, 5) is 0. The Kier molecular flexibility index (Phi) is 15.0. The van der Waals surface area contributed by atoms with Crippen LogP contribution < -0.4 is 9.47 Å². The summed E-state index contributed by atoms with van der Waals surface area (Å²) in [6.45, 7) is 5.13. The molecule has 0 aliphatic rings. The lowest BCUT2D eigenvalue weighted by Gasteiger charge is -2.17. The quantitative estimate of drug-likeness (QED) is 0.103. The van der Waals surface area contributed by atoms with Crippen LogP contribution in [0.15, 0.2) is 61.2 Å². The number of allylic oxidation sites excluding steroid dienone is 1. The molecule has 2 rings (SSSR count). The molecule has 2 aromatic rings. The van der Waals surface area contributed by atoms with Gasteiger partial charge < -0.3 is 9.47 Å². The highest BCUT2D eigenvalue weighted by atomic mass is 32.2. The smallest absolute Gasteiger partial charge is 0.264 e. The van der Waals surface area contributed by atoms with Gasteiger partial charge in [0.05, 0.1) is 24.5 Å². The van der Waals surface area contributed by atoms with Gasteiger partial charge in [-0.1, -0.05) is 93.8 Å². The molecule has 0 heterocycles. The van der Waals surface area contributed by atoms with Crippen LogP contribution in [0.1, 0.15) is 83.5 Å². The van der Waals surface area contributed by atoms with Crippen molar-refractivity contribution in [1.82, 2.24) is 0 Å². The standard InChI is InChI=1S/C30H44O5S/c1-2-3-4-5-7-10-16-24-34-28-22-19-23-29(30(28)27-20-14-13-15-21-27)35-25-17-11-8-6-9-12-18-26-36(31,32)33/h2,13-15,19-23H,1,3-12,16-18,24-26H2,(H,31,32,33). The molecule has 6 heteroatoms. The Morgan fingerprint density at radius 1 is 0.667 bits per heavy atom. The maximum atomic E-state index is 10.7. The second-order valence-corrected chi connectivity index (χ2v) is 10.9. The Balaban J connectivity index is 1.78. The summed E-state index contributed by atoms with van der Waals surface area (Å²) in [5.74, 6) is 1.59. The zero-order valence-electron chi connectivity index (χ0n) is 21.7. The zero-order valence-corrected chi connectivity index (χ0v) is 22.5. The van der Waals surface area contributed by atoms with Crippen LogP contribution in [0.25, 0.3) is 11.1 Å². The molecule has 0 aromatic heterocycles. The normalized spacial score (nSPS) is 11.4. The van der Waals surface area contributed by atoms with Gasteiger partial charge in [0.2, 0.25) is 0 Å². The highest BCUT2D eigenvalue weighted by molar-refractivity contribution is 7.85. The third kappa shape index (κ3) is 13.1. The molecule has 0 saturated carbocycles. The summed E-state index contributed by atoms with van der Waals surface area (Å²) >= 11 is 0. The molecule has 0 saturated heterocycles. The van der Waals surface area contributed by atoms with E-state index in [0.717, 1.165) is 74.0 Å². The van der Waals surface area contributed by atoms with Gasteiger partial charge in [-0.25, -0.2) is 0 Å². The summed E-state index contributed by atoms with van der Waals surface area (Å²) in [5, 5.41) is 0. The van der Waals surface area contributed by atoms with Gasteiger partial charge in [-0.05, 0) is 49.8 Å². The van der Waals surface area contributed by atoms with Gasteiger partial charge in [0.25, 0.3) is 10.1 Å². The van der Waals surface area contributed by atoms with Crippen LogP contribution >= 0.6 is 0 Å². The molecule has 0 spiro atoms. The minimum absolute atomic E-state index is 0.135. The maximum Gasteiger partial charge on any atom is 0.264 e. The fraction of sp³-hybridized carbons (Fsp3) is 0.533. The molecule has 5 nitrogen and oxygen atoms in total. The van der Waals surface area contributed by atoms with Gasteiger partial charge in [-0.15, -0.1) is 6.58 Å². The highest BCUT2D eigenvalue weighted by Crippen LogP contribution is 2.38. The van der Waals surface area contributed by atoms with E-state index in [1.807, 2.05) is 42.5 Å². The Labute approximate surface area is 218 Å². The number of ether oxygens (including phenoxy) is 2. The van der Waals surface area contributed by atoms with Crippen molar-refractivity contribution in [2.75, 3.05) is 19.0 Å². The first-order valence-corrected chi connectivity index (χ1v) is 15.1. The molecular weight excluding hydrogens is 472 g/mol. The van der Waals surface area contributed by atoms with E-state index in [9.17, 15) is 8.42 Å². The molecule has 200 valence electrons. The molecule has 0 bridgehead atoms. The van der Waals surface area contributed by atoms with E-state index in [-0.39, 0.29) is 5.75 Å². The van der Waals surface area contributed by atoms with E-state index >= 15 is 0 Å². The SMILES string of the molecule is C=CCCCCCCCOc1cccc(OCCCCCCCCCS(=O)(=O)O)c1-c1ccccc1. The predicted octanol–water partition coefficient (Wildman–Crippen LogP) is 8.26. The first-order chi connectivity index (χ1) is 17.5. The first kappa shape index (κ1) is 29.9. The zero-order chi connectivity index (χ0) is 25.9. The molecule has 0 radical (unpaired) electrons. The summed E-state index contributed by atoms with van der Waals surface area (Å²) < 4.78 is 42.7. The molecule has 0 amide bonds. The van der Waals surface area contributed by atoms with Gasteiger partial charge in [0, 0.05) is 0 Å². The van der Waals surface area contributed by atoms with E-state index in [2.05, 4.69) is 18.7 Å². The Bertz CT molecular complexity index is 957. The highest BCUT2D eigenvalue weighted by Gasteiger charge is 2.13. The van der Waals surface area contributed by atoms with Crippen LogP contribution in [0.2, 0.25) is 0 Å². The van der Waals surface area contributed by atoms with E-state index in [4.69, 9.17) is 14.0 Å². The fourth-order valence-corrected chi connectivity index (χ4v) is 4.77. The third-order valence-electron chi connectivity index (χ3n) is 6.16. The maximum absolute atomic E-state index is 10.7. The van der Waals surface area contributed by atoms with Crippen LogP contribution in [0.5, 0.6) is 11.5 Å². The van der Waals surface area contributed by atoms with Crippen molar-refractivity contribution in [2.24, 2.45) is 0 Å². The van der Waals surface area contributed by atoms with Crippen LogP contribution in [0, 0.1) is 0 Å². The molecule has 36 heavy (non-hydrogen) atoms. The largest absolute Gasteiger partial charge is 0.493 e. The average Bonchev–Trinajstić information content (AvgIpc) is 2.86. The lowest BCUT2D eigenvalue weighted by atomic mass is 10.0. The predicted molar refractivity (Wildman–Crippen MR) is 150 cm³/mol. The number of unbranched alkanes of at least 4 members (excludes halogenated alkanes) is 11. The summed E-state index contributed by atoms with van der Waals surface area (Å²) in [7, 11) is -3.82. The minimum atomic E-state index is -3.82.